The first-order valence-corrected chi connectivity index (χ1v) is 1.57. The molecule has 0 aliphatic rings. The summed E-state index contributed by atoms with van der Waals surface area (Å²) < 4.78 is 0. The van der Waals surface area contributed by atoms with Crippen molar-refractivity contribution in [3.05, 3.63) is 0 Å². The van der Waals surface area contributed by atoms with Crippen LogP contribution >= 0.6 is 0 Å². The fraction of sp³-hybridized carbons (Fsp3) is 0.500. The predicted molar refractivity (Wildman–Crippen MR) is 21.7 cm³/mol. The Balaban J connectivity index is 2.88. The predicted octanol–water partition coefficient (Wildman–Crippen LogP) is -0.680. The van der Waals surface area contributed by atoms with Gasteiger partial charge in [-0.25, -0.2) is 0 Å². The van der Waals surface area contributed by atoms with E-state index in [2.05, 4.69) is 12.3 Å². The summed E-state index contributed by atoms with van der Waals surface area (Å²) in [6.45, 7) is 0. The lowest BCUT2D eigenvalue weighted by Crippen LogP contribution is -2.00. The van der Waals surface area contributed by atoms with Gasteiger partial charge in [-0.05, 0) is 0 Å². The molecule has 0 spiro atoms. The first-order chi connectivity index (χ1) is 2.77. The van der Waals surface area contributed by atoms with Gasteiger partial charge in [-0.1, -0.05) is 0 Å². The monoisotopic (exact) mass is 86.0 g/mol. The third-order valence-corrected chi connectivity index (χ3v) is 0.300. The van der Waals surface area contributed by atoms with Crippen LogP contribution in [0.4, 0.5) is 0 Å². The summed E-state index contributed by atoms with van der Waals surface area (Å²) in [5, 5.41) is 15.9. The highest BCUT2D eigenvalue weighted by Crippen LogP contribution is 1.77. The second kappa shape index (κ2) is 2.70. The molecule has 0 bridgehead atoms. The van der Waals surface area contributed by atoms with Gasteiger partial charge in [-0.3, -0.25) is 0 Å². The zero-order valence-corrected chi connectivity index (χ0v) is 3.26. The molecule has 0 heterocycles. The number of hydrogen-bond donors (Lipinski definition) is 2. The van der Waals surface area contributed by atoms with Crippen LogP contribution in [0.5, 0.6) is 0 Å². The lowest BCUT2D eigenvalue weighted by molar-refractivity contribution is -0.0343. The number of hydrogen-bond acceptors (Lipinski definition) is 2. The van der Waals surface area contributed by atoms with Crippen LogP contribution in [0.15, 0.2) is 0 Å². The second-order valence-electron chi connectivity index (χ2n) is 0.889. The molecule has 0 atom stereocenters. The van der Waals surface area contributed by atoms with E-state index in [-0.39, 0.29) is 6.42 Å². The fourth-order valence-corrected chi connectivity index (χ4v) is 0.105. The van der Waals surface area contributed by atoms with Gasteiger partial charge < -0.3 is 10.2 Å². The van der Waals surface area contributed by atoms with Crippen LogP contribution in [0.1, 0.15) is 6.42 Å². The van der Waals surface area contributed by atoms with Crippen LogP contribution in [0, 0.1) is 12.3 Å². The van der Waals surface area contributed by atoms with Crippen molar-refractivity contribution < 1.29 is 10.2 Å². The molecular weight excluding hydrogens is 80.0 g/mol. The molecule has 0 unspecified atom stereocenters. The van der Waals surface area contributed by atoms with Crippen LogP contribution in [0.3, 0.4) is 0 Å². The Kier molecular flexibility index (Phi) is 2.47. The van der Waals surface area contributed by atoms with Gasteiger partial charge in [-0.15, -0.1) is 12.3 Å². The van der Waals surface area contributed by atoms with Crippen LogP contribution in [-0.4, -0.2) is 16.5 Å². The normalized spacial score (nSPS) is 8.33. The molecule has 0 saturated carbocycles. The van der Waals surface area contributed by atoms with Crippen molar-refractivity contribution in [1.82, 2.24) is 0 Å². The van der Waals surface area contributed by atoms with E-state index in [4.69, 9.17) is 10.2 Å². The molecule has 0 aliphatic carbocycles. The average molecular weight is 86.1 g/mol. The van der Waals surface area contributed by atoms with Gasteiger partial charge in [0.25, 0.3) is 0 Å². The van der Waals surface area contributed by atoms with Crippen molar-refractivity contribution in [3.63, 3.8) is 0 Å². The summed E-state index contributed by atoms with van der Waals surface area (Å²) in [7, 11) is 0. The molecule has 0 fully saturated rings. The van der Waals surface area contributed by atoms with Gasteiger partial charge in [0.05, 0.1) is 6.42 Å². The van der Waals surface area contributed by atoms with E-state index in [1.807, 2.05) is 0 Å². The Morgan fingerprint density at radius 1 is 1.67 bits per heavy atom. The van der Waals surface area contributed by atoms with Crippen molar-refractivity contribution in [2.75, 3.05) is 0 Å². The van der Waals surface area contributed by atoms with Crippen LogP contribution in [-0.2, 0) is 0 Å². The van der Waals surface area contributed by atoms with E-state index in [9.17, 15) is 0 Å². The minimum absolute atomic E-state index is 0.0139. The van der Waals surface area contributed by atoms with Crippen molar-refractivity contribution in [2.24, 2.45) is 0 Å². The molecule has 0 aromatic rings. The van der Waals surface area contributed by atoms with Gasteiger partial charge in [0.1, 0.15) is 0 Å². The Morgan fingerprint density at radius 2 is 2.17 bits per heavy atom. The third-order valence-electron chi connectivity index (χ3n) is 0.300. The van der Waals surface area contributed by atoms with E-state index >= 15 is 0 Å². The molecule has 0 aromatic carbocycles. The molecule has 0 amide bonds. The van der Waals surface area contributed by atoms with Crippen molar-refractivity contribution >= 4 is 0 Å². The summed E-state index contributed by atoms with van der Waals surface area (Å²) >= 11 is 0. The quantitative estimate of drug-likeness (QED) is 0.328. The van der Waals surface area contributed by atoms with Gasteiger partial charge in [0.15, 0.2) is 6.29 Å². The average Bonchev–Trinajstić information content (AvgIpc) is 1.35. The molecule has 2 heteroatoms. The van der Waals surface area contributed by atoms with Gasteiger partial charge in [0, 0.05) is 0 Å². The highest BCUT2D eigenvalue weighted by molar-refractivity contribution is 4.83. The van der Waals surface area contributed by atoms with Crippen molar-refractivity contribution in [1.29, 1.82) is 0 Å². The number of rotatable bonds is 1. The van der Waals surface area contributed by atoms with Gasteiger partial charge in [-0.2, -0.15) is 0 Å². The number of terminal acetylenes is 1. The maximum atomic E-state index is 7.97. The zero-order chi connectivity index (χ0) is 4.99. The highest BCUT2D eigenvalue weighted by Gasteiger charge is 1.86. The minimum Gasteiger partial charge on any atom is -0.367 e. The van der Waals surface area contributed by atoms with E-state index in [0.717, 1.165) is 0 Å². The van der Waals surface area contributed by atoms with Crippen molar-refractivity contribution in [2.45, 2.75) is 12.7 Å². The lowest BCUT2D eigenvalue weighted by Gasteiger charge is -1.90. The first kappa shape index (κ1) is 5.48. The maximum absolute atomic E-state index is 7.97. The smallest absolute Gasteiger partial charge is 0.162 e. The van der Waals surface area contributed by atoms with Gasteiger partial charge >= 0.3 is 0 Å². The van der Waals surface area contributed by atoms with E-state index in [1.165, 1.54) is 0 Å². The molecule has 0 aliphatic heterocycles. The van der Waals surface area contributed by atoms with E-state index in [0.29, 0.717) is 0 Å². The molecule has 2 nitrogen and oxygen atoms in total. The van der Waals surface area contributed by atoms with Crippen LogP contribution < -0.4 is 0 Å². The molecule has 0 aromatic heterocycles. The molecule has 2 N–H and O–H groups in total. The molecule has 0 radical (unpaired) electrons. The van der Waals surface area contributed by atoms with Crippen molar-refractivity contribution in [3.8, 4) is 12.3 Å². The lowest BCUT2D eigenvalue weighted by atomic mass is 10.4. The molecule has 0 saturated heterocycles. The summed E-state index contributed by atoms with van der Waals surface area (Å²) in [5.41, 5.74) is 0. The number of aliphatic hydroxyl groups excluding tert-OH is 1. The largest absolute Gasteiger partial charge is 0.367 e. The summed E-state index contributed by atoms with van der Waals surface area (Å²) in [6, 6.07) is 0. The highest BCUT2D eigenvalue weighted by atomic mass is 16.5. The third kappa shape index (κ3) is 3.48. The van der Waals surface area contributed by atoms with Crippen LogP contribution in [0.25, 0.3) is 0 Å². The summed E-state index contributed by atoms with van der Waals surface area (Å²) in [4.78, 5) is 0. The Hall–Kier alpha value is -0.520. The summed E-state index contributed by atoms with van der Waals surface area (Å²) in [6.07, 6.45) is 3.34. The fourth-order valence-electron chi connectivity index (χ4n) is 0.105. The first-order valence-electron chi connectivity index (χ1n) is 1.57. The Labute approximate surface area is 36.4 Å². The number of aliphatic hydroxyl groups is 2. The molecule has 6 heavy (non-hydrogen) atoms. The Bertz CT molecular complexity index is 60.4. The van der Waals surface area contributed by atoms with Gasteiger partial charge in [0.2, 0.25) is 0 Å². The maximum Gasteiger partial charge on any atom is 0.162 e. The van der Waals surface area contributed by atoms with E-state index < -0.39 is 6.29 Å². The van der Waals surface area contributed by atoms with Crippen LogP contribution in [0.2, 0.25) is 0 Å². The van der Waals surface area contributed by atoms with E-state index in [1.54, 1.807) is 0 Å². The second-order valence-corrected chi connectivity index (χ2v) is 0.889. The Morgan fingerprint density at radius 3 is 2.17 bits per heavy atom. The molecular formula is C4H6O2. The summed E-state index contributed by atoms with van der Waals surface area (Å²) in [5.74, 6) is 2.07. The molecule has 34 valence electrons. The minimum atomic E-state index is -1.34. The zero-order valence-electron chi connectivity index (χ0n) is 3.26. The molecule has 0 rings (SSSR count). The topological polar surface area (TPSA) is 40.5 Å². The standard InChI is InChI=1S/C4H6O2/c1-2-3-4(5)6/h1,4-6H,3H2. The SMILES string of the molecule is C#CCC(O)O.